The van der Waals surface area contributed by atoms with E-state index < -0.39 is 30.4 Å². The lowest BCUT2D eigenvalue weighted by atomic mass is 10.0. The molecule has 0 aliphatic heterocycles. The SMILES string of the molecule is CNc1cc(-n2nc(C)cc2Nc2cc(NC(=O)c3cc(CNC[C@@H](O)CO)cc(C(F)(F)F)c3)ccc2C)ncn1. The number of aromatic nitrogens is 4. The van der Waals surface area contributed by atoms with E-state index in [-0.39, 0.29) is 24.2 Å². The molecule has 4 aromatic rings. The molecule has 0 bridgehead atoms. The normalized spacial score (nSPS) is 12.2. The molecule has 6 N–H and O–H groups in total. The van der Waals surface area contributed by atoms with Gasteiger partial charge in [0.15, 0.2) is 5.82 Å². The Morgan fingerprint density at radius 3 is 2.57 bits per heavy atom. The maximum atomic E-state index is 13.6. The van der Waals surface area contributed by atoms with Crippen molar-refractivity contribution in [2.45, 2.75) is 32.7 Å². The van der Waals surface area contributed by atoms with Gasteiger partial charge in [0.2, 0.25) is 0 Å². The Labute approximate surface area is 239 Å². The number of nitrogens with zero attached hydrogens (tertiary/aromatic N) is 4. The zero-order valence-corrected chi connectivity index (χ0v) is 23.1. The van der Waals surface area contributed by atoms with Gasteiger partial charge in [0.25, 0.3) is 5.91 Å². The minimum atomic E-state index is -4.67. The van der Waals surface area contributed by atoms with Crippen molar-refractivity contribution in [1.29, 1.82) is 0 Å². The number of hydrogen-bond acceptors (Lipinski definition) is 9. The minimum Gasteiger partial charge on any atom is -0.394 e. The number of aliphatic hydroxyl groups excluding tert-OH is 2. The highest BCUT2D eigenvalue weighted by Gasteiger charge is 2.32. The monoisotopic (exact) mass is 584 g/mol. The molecule has 0 saturated heterocycles. The van der Waals surface area contributed by atoms with Crippen molar-refractivity contribution in [3.63, 3.8) is 0 Å². The van der Waals surface area contributed by atoms with E-state index >= 15 is 0 Å². The number of rotatable bonds is 11. The van der Waals surface area contributed by atoms with Crippen LogP contribution in [0, 0.1) is 13.8 Å². The van der Waals surface area contributed by atoms with Gasteiger partial charge in [-0.3, -0.25) is 4.79 Å². The summed E-state index contributed by atoms with van der Waals surface area (Å²) in [5.41, 5.74) is 1.60. The topological polar surface area (TPSA) is 149 Å². The van der Waals surface area contributed by atoms with Crippen molar-refractivity contribution in [3.05, 3.63) is 82.8 Å². The van der Waals surface area contributed by atoms with Crippen molar-refractivity contribution >= 4 is 28.9 Å². The molecule has 42 heavy (non-hydrogen) atoms. The van der Waals surface area contributed by atoms with E-state index in [1.54, 1.807) is 36.0 Å². The summed E-state index contributed by atoms with van der Waals surface area (Å²) in [6, 6.07) is 11.7. The lowest BCUT2D eigenvalue weighted by Crippen LogP contribution is -2.29. The molecule has 0 saturated carbocycles. The van der Waals surface area contributed by atoms with Crippen LogP contribution in [0.4, 0.5) is 36.2 Å². The van der Waals surface area contributed by atoms with Gasteiger partial charge in [0, 0.05) is 49.2 Å². The fourth-order valence-corrected chi connectivity index (χ4v) is 4.07. The van der Waals surface area contributed by atoms with E-state index in [4.69, 9.17) is 5.11 Å². The summed E-state index contributed by atoms with van der Waals surface area (Å²) in [7, 11) is 1.74. The summed E-state index contributed by atoms with van der Waals surface area (Å²) < 4.78 is 42.4. The standard InChI is InChI=1S/C28H31F3N8O3/c1-16-4-5-21(10-23(16)37-26-6-17(2)38-39(26)25-11-24(32-3)34-15-35-25)36-27(42)19-7-18(12-33-13-22(41)14-40)8-20(9-19)28(29,30)31/h4-11,15,22,33,37,40-41H,12-14H2,1-3H3,(H,36,42)(H,32,34,35)/t22-/m1/s1. The first-order valence-corrected chi connectivity index (χ1v) is 12.9. The molecule has 1 amide bonds. The van der Waals surface area contributed by atoms with Crippen molar-refractivity contribution in [2.75, 3.05) is 36.1 Å². The molecule has 2 aromatic heterocycles. The molecule has 0 aliphatic rings. The summed E-state index contributed by atoms with van der Waals surface area (Å²) in [6.45, 7) is 3.13. The molecule has 222 valence electrons. The lowest BCUT2D eigenvalue weighted by Gasteiger charge is -2.15. The molecular weight excluding hydrogens is 553 g/mol. The number of alkyl halides is 3. The third-order valence-corrected chi connectivity index (χ3v) is 6.22. The molecule has 4 rings (SSSR count). The number of hydrogen-bond donors (Lipinski definition) is 6. The van der Waals surface area contributed by atoms with E-state index in [1.165, 1.54) is 12.4 Å². The molecule has 2 aromatic carbocycles. The zero-order valence-electron chi connectivity index (χ0n) is 23.1. The number of aliphatic hydroxyl groups is 2. The summed E-state index contributed by atoms with van der Waals surface area (Å²) >= 11 is 0. The van der Waals surface area contributed by atoms with Crippen LogP contribution in [0.1, 0.15) is 32.7 Å². The minimum absolute atomic E-state index is 0.0281. The summed E-state index contributed by atoms with van der Waals surface area (Å²) in [4.78, 5) is 21.5. The number of nitrogens with one attached hydrogen (secondary N) is 4. The first-order chi connectivity index (χ1) is 20.0. The Bertz CT molecular complexity index is 1560. The van der Waals surface area contributed by atoms with E-state index in [0.717, 1.165) is 23.4 Å². The van der Waals surface area contributed by atoms with Crippen molar-refractivity contribution in [1.82, 2.24) is 25.1 Å². The first kappa shape index (κ1) is 30.4. The number of carbonyl (C=O) groups excluding carboxylic acids is 1. The quantitative estimate of drug-likeness (QED) is 0.155. The molecule has 0 fully saturated rings. The zero-order chi connectivity index (χ0) is 30.4. The Kier molecular flexibility index (Phi) is 9.40. The van der Waals surface area contributed by atoms with Gasteiger partial charge in [-0.2, -0.15) is 23.0 Å². The molecular formula is C28H31F3N8O3. The third-order valence-electron chi connectivity index (χ3n) is 6.22. The van der Waals surface area contributed by atoms with Gasteiger partial charge in [-0.1, -0.05) is 6.07 Å². The van der Waals surface area contributed by atoms with Gasteiger partial charge in [0.05, 0.1) is 24.0 Å². The third kappa shape index (κ3) is 7.60. The van der Waals surface area contributed by atoms with E-state index in [9.17, 15) is 23.1 Å². The fraction of sp³-hybridized carbons (Fsp3) is 0.286. The van der Waals surface area contributed by atoms with Gasteiger partial charge in [-0.15, -0.1) is 0 Å². The second kappa shape index (κ2) is 13.0. The van der Waals surface area contributed by atoms with Crippen LogP contribution in [-0.4, -0.2) is 62.2 Å². The number of carbonyl (C=O) groups is 1. The second-order valence-corrected chi connectivity index (χ2v) is 9.59. The highest BCUT2D eigenvalue weighted by molar-refractivity contribution is 6.04. The fourth-order valence-electron chi connectivity index (χ4n) is 4.07. The van der Waals surface area contributed by atoms with Crippen molar-refractivity contribution in [3.8, 4) is 5.82 Å². The van der Waals surface area contributed by atoms with Crippen LogP contribution in [0.3, 0.4) is 0 Å². The van der Waals surface area contributed by atoms with Crippen LogP contribution < -0.4 is 21.3 Å². The van der Waals surface area contributed by atoms with E-state index in [0.29, 0.717) is 28.8 Å². The Hall–Kier alpha value is -4.53. The Morgan fingerprint density at radius 1 is 1.07 bits per heavy atom. The average molecular weight is 585 g/mol. The Balaban J connectivity index is 1.57. The molecule has 0 unspecified atom stereocenters. The molecule has 0 spiro atoms. The van der Waals surface area contributed by atoms with Crippen LogP contribution in [-0.2, 0) is 12.7 Å². The van der Waals surface area contributed by atoms with Gasteiger partial charge in [-0.05, 0) is 55.3 Å². The number of halogens is 3. The lowest BCUT2D eigenvalue weighted by molar-refractivity contribution is -0.137. The first-order valence-electron chi connectivity index (χ1n) is 12.9. The van der Waals surface area contributed by atoms with Gasteiger partial charge in [-0.25, -0.2) is 9.97 Å². The van der Waals surface area contributed by atoms with Gasteiger partial charge < -0.3 is 31.5 Å². The number of anilines is 4. The molecule has 2 heterocycles. The van der Waals surface area contributed by atoms with Crippen LogP contribution in [0.15, 0.2) is 54.9 Å². The Morgan fingerprint density at radius 2 is 1.86 bits per heavy atom. The summed E-state index contributed by atoms with van der Waals surface area (Å²) in [5, 5.41) is 34.6. The maximum Gasteiger partial charge on any atom is 0.416 e. The van der Waals surface area contributed by atoms with Crippen molar-refractivity contribution < 1.29 is 28.2 Å². The van der Waals surface area contributed by atoms with E-state index in [2.05, 4.69) is 36.3 Å². The highest BCUT2D eigenvalue weighted by Crippen LogP contribution is 2.31. The smallest absolute Gasteiger partial charge is 0.394 e. The predicted octanol–water partition coefficient (Wildman–Crippen LogP) is 3.78. The number of aryl methyl sites for hydroxylation is 2. The molecule has 0 radical (unpaired) electrons. The van der Waals surface area contributed by atoms with Gasteiger partial charge >= 0.3 is 6.18 Å². The van der Waals surface area contributed by atoms with E-state index in [1.807, 2.05) is 19.9 Å². The van der Waals surface area contributed by atoms with Crippen LogP contribution >= 0.6 is 0 Å². The van der Waals surface area contributed by atoms with Crippen LogP contribution in [0.5, 0.6) is 0 Å². The van der Waals surface area contributed by atoms with Gasteiger partial charge in [0.1, 0.15) is 18.0 Å². The largest absolute Gasteiger partial charge is 0.416 e. The molecule has 14 heteroatoms. The van der Waals surface area contributed by atoms with Crippen molar-refractivity contribution in [2.24, 2.45) is 0 Å². The number of benzene rings is 2. The summed E-state index contributed by atoms with van der Waals surface area (Å²) in [6.07, 6.45) is -4.32. The summed E-state index contributed by atoms with van der Waals surface area (Å²) in [5.74, 6) is 0.999. The maximum absolute atomic E-state index is 13.6. The van der Waals surface area contributed by atoms with Crippen LogP contribution in [0.2, 0.25) is 0 Å². The molecule has 11 nitrogen and oxygen atoms in total. The second-order valence-electron chi connectivity index (χ2n) is 9.59. The highest BCUT2D eigenvalue weighted by atomic mass is 19.4. The molecule has 1 atom stereocenters. The molecule has 0 aliphatic carbocycles. The number of amides is 1. The average Bonchev–Trinajstić information content (AvgIpc) is 3.33. The van der Waals surface area contributed by atoms with Crippen LogP contribution in [0.25, 0.3) is 5.82 Å². The predicted molar refractivity (Wildman–Crippen MR) is 152 cm³/mol.